The molecule has 0 saturated heterocycles. The third-order valence-corrected chi connectivity index (χ3v) is 6.26. The van der Waals surface area contributed by atoms with Crippen molar-refractivity contribution in [2.45, 2.75) is 51.3 Å². The summed E-state index contributed by atoms with van der Waals surface area (Å²) < 4.78 is 5.91. The van der Waals surface area contributed by atoms with E-state index >= 15 is 0 Å². The molecule has 31 heavy (non-hydrogen) atoms. The summed E-state index contributed by atoms with van der Waals surface area (Å²) in [5.41, 5.74) is 1.63. The van der Waals surface area contributed by atoms with Crippen molar-refractivity contribution in [2.24, 2.45) is 5.92 Å². The maximum absolute atomic E-state index is 12.3. The van der Waals surface area contributed by atoms with Gasteiger partial charge < -0.3 is 19.7 Å². The van der Waals surface area contributed by atoms with Crippen molar-refractivity contribution >= 4 is 35.1 Å². The van der Waals surface area contributed by atoms with Crippen LogP contribution in [0.3, 0.4) is 0 Å². The molecule has 0 fully saturated rings. The third kappa shape index (κ3) is 7.18. The minimum Gasteiger partial charge on any atom is -0.550 e. The number of phenolic OH excluding ortho intramolecular Hbond substituents is 1. The lowest BCUT2D eigenvalue weighted by Gasteiger charge is -2.16. The maximum atomic E-state index is 12.3. The van der Waals surface area contributed by atoms with Gasteiger partial charge in [0.15, 0.2) is 5.78 Å². The van der Waals surface area contributed by atoms with Gasteiger partial charge in [-0.05, 0) is 42.7 Å². The number of carbonyl (C=O) groups excluding carboxylic acids is 2. The Morgan fingerprint density at radius 2 is 1.97 bits per heavy atom. The lowest BCUT2D eigenvalue weighted by atomic mass is 9.96. The number of aromatic hydroxyl groups is 1. The van der Waals surface area contributed by atoms with Crippen molar-refractivity contribution < 1.29 is 24.5 Å². The molecule has 0 spiro atoms. The number of thioether (sulfide) groups is 1. The molecule has 0 radical (unpaired) electrons. The number of aliphatic carboxylic acids is 1. The molecule has 0 heterocycles. The molecule has 1 N–H and O–H groups in total. The summed E-state index contributed by atoms with van der Waals surface area (Å²) in [5.74, 6) is -0.0153. The van der Waals surface area contributed by atoms with Crippen LogP contribution in [0, 0.1) is 5.92 Å². The van der Waals surface area contributed by atoms with E-state index in [0.717, 1.165) is 23.5 Å². The number of rotatable bonds is 12. The first-order valence-electron chi connectivity index (χ1n) is 10.4. The molecular weight excluding hydrogens is 436 g/mol. The first-order valence-corrected chi connectivity index (χ1v) is 11.7. The summed E-state index contributed by atoms with van der Waals surface area (Å²) in [4.78, 5) is 23.9. The first kappa shape index (κ1) is 25.1. The van der Waals surface area contributed by atoms with Crippen LogP contribution in [0.15, 0.2) is 35.2 Å². The zero-order valence-corrected chi connectivity index (χ0v) is 19.6. The molecule has 0 aromatic heterocycles. The Morgan fingerprint density at radius 3 is 2.58 bits per heavy atom. The van der Waals surface area contributed by atoms with E-state index in [1.165, 1.54) is 0 Å². The molecule has 0 saturated carbocycles. The minimum atomic E-state index is -1.14. The Labute approximate surface area is 192 Å². The number of ether oxygens (including phenoxy) is 1. The fourth-order valence-electron chi connectivity index (χ4n) is 3.12. The molecule has 0 aliphatic heterocycles. The van der Waals surface area contributed by atoms with Crippen LogP contribution in [0.4, 0.5) is 0 Å². The number of halogens is 1. The Morgan fingerprint density at radius 1 is 1.23 bits per heavy atom. The van der Waals surface area contributed by atoms with Crippen LogP contribution in [0.5, 0.6) is 11.5 Å². The molecule has 5 nitrogen and oxygen atoms in total. The van der Waals surface area contributed by atoms with Crippen molar-refractivity contribution in [1.82, 2.24) is 0 Å². The van der Waals surface area contributed by atoms with Gasteiger partial charge in [-0.25, -0.2) is 0 Å². The van der Waals surface area contributed by atoms with Gasteiger partial charge in [-0.2, -0.15) is 0 Å². The van der Waals surface area contributed by atoms with Crippen LogP contribution in [-0.4, -0.2) is 29.2 Å². The Kier molecular flexibility index (Phi) is 9.72. The molecule has 0 aliphatic carbocycles. The smallest absolute Gasteiger partial charge is 0.169 e. The molecule has 0 amide bonds. The number of phenols is 1. The second-order valence-corrected chi connectivity index (χ2v) is 9.12. The van der Waals surface area contributed by atoms with E-state index in [2.05, 4.69) is 0 Å². The zero-order chi connectivity index (χ0) is 23.0. The molecule has 2 rings (SSSR count). The SMILES string of the molecule is CCCc1c(OCCCSc2ccc(CC(=O)[O-])cc2Cl)ccc(C(=O)C(C)C)c1O. The largest absolute Gasteiger partial charge is 0.550 e. The quantitative estimate of drug-likeness (QED) is 0.279. The number of carboxylic acids is 1. The summed E-state index contributed by atoms with van der Waals surface area (Å²) in [7, 11) is 0. The lowest BCUT2D eigenvalue weighted by molar-refractivity contribution is -0.304. The second-order valence-electron chi connectivity index (χ2n) is 7.57. The molecule has 0 aliphatic rings. The fraction of sp³-hybridized carbons (Fsp3) is 0.417. The average molecular weight is 464 g/mol. The van der Waals surface area contributed by atoms with Crippen LogP contribution in [-0.2, 0) is 17.6 Å². The van der Waals surface area contributed by atoms with E-state index in [1.54, 1.807) is 36.0 Å². The van der Waals surface area contributed by atoms with Gasteiger partial charge in [0, 0.05) is 34.5 Å². The van der Waals surface area contributed by atoms with Crippen molar-refractivity contribution in [3.63, 3.8) is 0 Å². The number of benzene rings is 2. The molecule has 168 valence electrons. The number of carbonyl (C=O) groups is 2. The summed E-state index contributed by atoms with van der Waals surface area (Å²) >= 11 is 7.80. The van der Waals surface area contributed by atoms with Crippen molar-refractivity contribution in [1.29, 1.82) is 0 Å². The molecular formula is C24H28ClO5S-. The predicted octanol–water partition coefficient (Wildman–Crippen LogP) is 4.69. The average Bonchev–Trinajstić information content (AvgIpc) is 2.70. The van der Waals surface area contributed by atoms with E-state index < -0.39 is 5.97 Å². The van der Waals surface area contributed by atoms with E-state index in [1.807, 2.05) is 26.8 Å². The lowest BCUT2D eigenvalue weighted by Crippen LogP contribution is -2.24. The van der Waals surface area contributed by atoms with Crippen LogP contribution in [0.2, 0.25) is 5.02 Å². The highest BCUT2D eigenvalue weighted by molar-refractivity contribution is 7.99. The molecule has 2 aromatic carbocycles. The number of hydrogen-bond acceptors (Lipinski definition) is 6. The predicted molar refractivity (Wildman–Crippen MR) is 122 cm³/mol. The van der Waals surface area contributed by atoms with Gasteiger partial charge in [0.25, 0.3) is 0 Å². The highest BCUT2D eigenvalue weighted by Crippen LogP contribution is 2.34. The highest BCUT2D eigenvalue weighted by atomic mass is 35.5. The maximum Gasteiger partial charge on any atom is 0.169 e. The normalized spacial score (nSPS) is 11.0. The van der Waals surface area contributed by atoms with E-state index in [-0.39, 0.29) is 23.9 Å². The van der Waals surface area contributed by atoms with Crippen LogP contribution in [0.1, 0.15) is 55.1 Å². The first-order chi connectivity index (χ1) is 14.7. The second kappa shape index (κ2) is 12.0. The Bertz CT molecular complexity index is 926. The van der Waals surface area contributed by atoms with Gasteiger partial charge in [0.2, 0.25) is 0 Å². The molecule has 0 bridgehead atoms. The third-order valence-electron chi connectivity index (χ3n) is 4.68. The van der Waals surface area contributed by atoms with Crippen LogP contribution >= 0.6 is 23.4 Å². The number of hydrogen-bond donors (Lipinski definition) is 1. The van der Waals surface area contributed by atoms with E-state index in [4.69, 9.17) is 16.3 Å². The zero-order valence-electron chi connectivity index (χ0n) is 18.1. The van der Waals surface area contributed by atoms with Gasteiger partial charge in [0.05, 0.1) is 17.2 Å². The van der Waals surface area contributed by atoms with Crippen molar-refractivity contribution in [3.05, 3.63) is 52.0 Å². The van der Waals surface area contributed by atoms with Crippen molar-refractivity contribution in [2.75, 3.05) is 12.4 Å². The Balaban J connectivity index is 1.94. The van der Waals surface area contributed by atoms with E-state index in [9.17, 15) is 19.8 Å². The minimum absolute atomic E-state index is 0.0239. The van der Waals surface area contributed by atoms with Gasteiger partial charge in [-0.1, -0.05) is 44.9 Å². The highest BCUT2D eigenvalue weighted by Gasteiger charge is 2.20. The molecule has 2 aromatic rings. The molecule has 0 unspecified atom stereocenters. The van der Waals surface area contributed by atoms with Gasteiger partial charge >= 0.3 is 0 Å². The molecule has 7 heteroatoms. The number of carboxylic acid groups (broad SMARTS) is 1. The number of Topliss-reactive ketones (excluding diaryl/α,β-unsaturated/α-hetero) is 1. The van der Waals surface area contributed by atoms with E-state index in [0.29, 0.717) is 40.5 Å². The van der Waals surface area contributed by atoms with Gasteiger partial charge in [-0.15, -0.1) is 11.8 Å². The number of ketones is 1. The fourth-order valence-corrected chi connectivity index (χ4v) is 4.33. The summed E-state index contributed by atoms with van der Waals surface area (Å²) in [6.07, 6.45) is 2.04. The van der Waals surface area contributed by atoms with Crippen LogP contribution in [0.25, 0.3) is 0 Å². The van der Waals surface area contributed by atoms with Gasteiger partial charge in [0.1, 0.15) is 11.5 Å². The Hall–Kier alpha value is -2.18. The summed E-state index contributed by atoms with van der Waals surface area (Å²) in [6, 6.07) is 8.60. The van der Waals surface area contributed by atoms with Crippen molar-refractivity contribution in [3.8, 4) is 11.5 Å². The van der Waals surface area contributed by atoms with Crippen LogP contribution < -0.4 is 9.84 Å². The van der Waals surface area contributed by atoms with Gasteiger partial charge in [-0.3, -0.25) is 4.79 Å². The summed E-state index contributed by atoms with van der Waals surface area (Å²) in [6.45, 7) is 6.10. The monoisotopic (exact) mass is 463 g/mol. The standard InChI is InChI=1S/C24H29ClO5S/c1-4-6-17-20(9-8-18(24(17)29)23(28)15(2)3)30-11-5-12-31-21-10-7-16(13-19(21)25)14-22(26)27/h7-10,13,15,29H,4-6,11-12,14H2,1-3H3,(H,26,27)/p-1. The molecule has 0 atom stereocenters. The topological polar surface area (TPSA) is 86.7 Å². The summed E-state index contributed by atoms with van der Waals surface area (Å²) in [5, 5.41) is 21.8.